The van der Waals surface area contributed by atoms with Gasteiger partial charge in [0, 0.05) is 19.0 Å². The molecule has 0 aliphatic rings. The Kier molecular flexibility index (Phi) is 6.54. The molecule has 0 saturated heterocycles. The van der Waals surface area contributed by atoms with Crippen LogP contribution in [0.5, 0.6) is 0 Å². The van der Waals surface area contributed by atoms with Crippen molar-refractivity contribution >= 4 is 5.91 Å². The van der Waals surface area contributed by atoms with E-state index >= 15 is 0 Å². The van der Waals surface area contributed by atoms with Gasteiger partial charge in [0.05, 0.1) is 6.61 Å². The smallest absolute Gasteiger partial charge is 0.225 e. The molecule has 0 aromatic heterocycles. The van der Waals surface area contributed by atoms with Gasteiger partial charge in [-0.25, -0.2) is 0 Å². The Morgan fingerprint density at radius 3 is 2.14 bits per heavy atom. The molecule has 3 nitrogen and oxygen atoms in total. The first-order chi connectivity index (χ1) is 6.49. The van der Waals surface area contributed by atoms with Crippen molar-refractivity contribution in [3.63, 3.8) is 0 Å². The van der Waals surface area contributed by atoms with Crippen molar-refractivity contribution < 1.29 is 9.90 Å². The zero-order chi connectivity index (χ0) is 11.1. The maximum absolute atomic E-state index is 11.7. The number of carbonyl (C=O) groups excluding carboxylic acids is 1. The molecule has 0 heterocycles. The fourth-order valence-corrected chi connectivity index (χ4v) is 1.23. The number of hydrogen-bond donors (Lipinski definition) is 1. The largest absolute Gasteiger partial charge is 0.395 e. The molecule has 0 radical (unpaired) electrons. The highest BCUT2D eigenvalue weighted by Crippen LogP contribution is 2.06. The van der Waals surface area contributed by atoms with Crippen molar-refractivity contribution in [3.8, 4) is 0 Å². The van der Waals surface area contributed by atoms with Crippen LogP contribution in [0.15, 0.2) is 0 Å². The first kappa shape index (κ1) is 13.4. The molecular weight excluding hydrogens is 178 g/mol. The second-order valence-corrected chi connectivity index (χ2v) is 4.39. The number of nitrogens with zero attached hydrogens (tertiary/aromatic N) is 1. The van der Waals surface area contributed by atoms with E-state index in [9.17, 15) is 4.79 Å². The van der Waals surface area contributed by atoms with Crippen LogP contribution < -0.4 is 0 Å². The summed E-state index contributed by atoms with van der Waals surface area (Å²) >= 11 is 0. The minimum atomic E-state index is 0.0220. The summed E-state index contributed by atoms with van der Waals surface area (Å²) in [7, 11) is 0. The van der Waals surface area contributed by atoms with Gasteiger partial charge in [-0.3, -0.25) is 4.79 Å². The van der Waals surface area contributed by atoms with Crippen LogP contribution in [-0.4, -0.2) is 35.6 Å². The fraction of sp³-hybridized carbons (Fsp3) is 0.909. The molecule has 0 spiro atoms. The zero-order valence-electron chi connectivity index (χ0n) is 9.79. The number of rotatable bonds is 6. The van der Waals surface area contributed by atoms with Crippen LogP contribution in [-0.2, 0) is 4.79 Å². The van der Waals surface area contributed by atoms with Crippen LogP contribution in [0.3, 0.4) is 0 Å². The Morgan fingerprint density at radius 2 is 1.79 bits per heavy atom. The van der Waals surface area contributed by atoms with Crippen LogP contribution in [0.25, 0.3) is 0 Å². The lowest BCUT2D eigenvalue weighted by Crippen LogP contribution is -2.37. The van der Waals surface area contributed by atoms with Gasteiger partial charge < -0.3 is 10.0 Å². The fourth-order valence-electron chi connectivity index (χ4n) is 1.23. The van der Waals surface area contributed by atoms with Gasteiger partial charge in [-0.1, -0.05) is 27.7 Å². The number of carbonyl (C=O) groups is 1. The van der Waals surface area contributed by atoms with E-state index in [1.165, 1.54) is 0 Å². The molecule has 84 valence electrons. The summed E-state index contributed by atoms with van der Waals surface area (Å²) in [6.45, 7) is 9.33. The summed E-state index contributed by atoms with van der Waals surface area (Å²) in [5.41, 5.74) is 0. The monoisotopic (exact) mass is 201 g/mol. The maximum Gasteiger partial charge on any atom is 0.225 e. The molecule has 0 unspecified atom stereocenters. The van der Waals surface area contributed by atoms with Gasteiger partial charge in [-0.15, -0.1) is 0 Å². The highest BCUT2D eigenvalue weighted by atomic mass is 16.3. The number of aliphatic hydroxyl groups is 1. The Bertz CT molecular complexity index is 167. The molecule has 0 saturated carbocycles. The molecule has 14 heavy (non-hydrogen) atoms. The molecule has 0 aromatic rings. The lowest BCUT2D eigenvalue weighted by atomic mass is 10.1. The van der Waals surface area contributed by atoms with Crippen molar-refractivity contribution in [3.05, 3.63) is 0 Å². The van der Waals surface area contributed by atoms with E-state index in [1.807, 2.05) is 13.8 Å². The predicted molar refractivity (Wildman–Crippen MR) is 58.0 cm³/mol. The molecule has 0 fully saturated rings. The number of hydrogen-bond acceptors (Lipinski definition) is 2. The van der Waals surface area contributed by atoms with Crippen molar-refractivity contribution in [2.45, 2.75) is 34.1 Å². The number of amides is 1. The number of aliphatic hydroxyl groups excluding tert-OH is 1. The second-order valence-electron chi connectivity index (χ2n) is 4.39. The van der Waals surface area contributed by atoms with Crippen LogP contribution in [0.1, 0.15) is 34.1 Å². The highest BCUT2D eigenvalue weighted by Gasteiger charge is 2.16. The van der Waals surface area contributed by atoms with Gasteiger partial charge in [-0.05, 0) is 12.3 Å². The van der Waals surface area contributed by atoms with Crippen molar-refractivity contribution in [1.82, 2.24) is 4.90 Å². The quantitative estimate of drug-likeness (QED) is 0.707. The minimum Gasteiger partial charge on any atom is -0.395 e. The van der Waals surface area contributed by atoms with Gasteiger partial charge in [0.25, 0.3) is 0 Å². The lowest BCUT2D eigenvalue weighted by Gasteiger charge is -2.24. The molecular formula is C11H23NO2. The summed E-state index contributed by atoms with van der Waals surface area (Å²) in [5.74, 6) is 0.754. The van der Waals surface area contributed by atoms with Gasteiger partial charge in [0.2, 0.25) is 5.91 Å². The van der Waals surface area contributed by atoms with E-state index in [0.29, 0.717) is 12.5 Å². The molecule has 0 aromatic carbocycles. The molecule has 0 bridgehead atoms. The van der Waals surface area contributed by atoms with E-state index in [2.05, 4.69) is 13.8 Å². The van der Waals surface area contributed by atoms with Crippen LogP contribution >= 0.6 is 0 Å². The molecule has 3 heteroatoms. The molecule has 0 rings (SSSR count). The Hall–Kier alpha value is -0.570. The average molecular weight is 201 g/mol. The SMILES string of the molecule is CC(C)CCN(CCO)C(=O)C(C)C. The van der Waals surface area contributed by atoms with E-state index in [0.717, 1.165) is 13.0 Å². The molecule has 1 amide bonds. The van der Waals surface area contributed by atoms with Crippen molar-refractivity contribution in [2.75, 3.05) is 19.7 Å². The normalized spacial score (nSPS) is 11.1. The first-order valence-electron chi connectivity index (χ1n) is 5.38. The third-order valence-corrected chi connectivity index (χ3v) is 2.15. The maximum atomic E-state index is 11.7. The summed E-state index contributed by atoms with van der Waals surface area (Å²) < 4.78 is 0. The summed E-state index contributed by atoms with van der Waals surface area (Å²) in [6.07, 6.45) is 0.998. The Labute approximate surface area is 87.1 Å². The Morgan fingerprint density at radius 1 is 1.21 bits per heavy atom. The third-order valence-electron chi connectivity index (χ3n) is 2.15. The highest BCUT2D eigenvalue weighted by molar-refractivity contribution is 5.78. The molecule has 0 atom stereocenters. The molecule has 0 aliphatic carbocycles. The van der Waals surface area contributed by atoms with E-state index in [4.69, 9.17) is 5.11 Å². The van der Waals surface area contributed by atoms with Crippen molar-refractivity contribution in [1.29, 1.82) is 0 Å². The summed E-state index contributed by atoms with van der Waals surface area (Å²) in [4.78, 5) is 13.4. The third kappa shape index (κ3) is 5.22. The molecule has 0 aliphatic heterocycles. The summed E-state index contributed by atoms with van der Waals surface area (Å²) in [5, 5.41) is 8.84. The average Bonchev–Trinajstić information content (AvgIpc) is 2.10. The second kappa shape index (κ2) is 6.82. The topological polar surface area (TPSA) is 40.5 Å². The van der Waals surface area contributed by atoms with E-state index < -0.39 is 0 Å². The lowest BCUT2D eigenvalue weighted by molar-refractivity contribution is -0.135. The van der Waals surface area contributed by atoms with Gasteiger partial charge in [-0.2, -0.15) is 0 Å². The van der Waals surface area contributed by atoms with Crippen molar-refractivity contribution in [2.24, 2.45) is 11.8 Å². The van der Waals surface area contributed by atoms with Crippen LogP contribution in [0.4, 0.5) is 0 Å². The van der Waals surface area contributed by atoms with Gasteiger partial charge in [0.15, 0.2) is 0 Å². The zero-order valence-corrected chi connectivity index (χ0v) is 9.79. The minimum absolute atomic E-state index is 0.0220. The first-order valence-corrected chi connectivity index (χ1v) is 5.38. The van der Waals surface area contributed by atoms with E-state index in [-0.39, 0.29) is 18.4 Å². The summed E-state index contributed by atoms with van der Waals surface area (Å²) in [6, 6.07) is 0. The standard InChI is InChI=1S/C11H23NO2/c1-9(2)5-6-12(7-8-13)11(14)10(3)4/h9-10,13H,5-8H2,1-4H3. The van der Waals surface area contributed by atoms with Crippen LogP contribution in [0, 0.1) is 11.8 Å². The molecule has 1 N–H and O–H groups in total. The van der Waals surface area contributed by atoms with Crippen LogP contribution in [0.2, 0.25) is 0 Å². The van der Waals surface area contributed by atoms with Gasteiger partial charge in [0.1, 0.15) is 0 Å². The predicted octanol–water partition coefficient (Wildman–Crippen LogP) is 1.51. The van der Waals surface area contributed by atoms with E-state index in [1.54, 1.807) is 4.90 Å². The Balaban J connectivity index is 4.07. The van der Waals surface area contributed by atoms with Gasteiger partial charge >= 0.3 is 0 Å².